The van der Waals surface area contributed by atoms with Crippen LogP contribution in [-0.4, -0.2) is 18.7 Å². The van der Waals surface area contributed by atoms with Crippen LogP contribution in [0, 0.1) is 0 Å². The number of rotatable bonds is 4. The van der Waals surface area contributed by atoms with E-state index < -0.39 is 6.09 Å². The second kappa shape index (κ2) is 7.96. The van der Waals surface area contributed by atoms with Gasteiger partial charge < -0.3 is 15.8 Å². The van der Waals surface area contributed by atoms with Crippen LogP contribution in [0.2, 0.25) is 0 Å². The SMILES string of the molecule is C[C@@H](N)CNC(=O)OCc1ccccc1.Cl. The van der Waals surface area contributed by atoms with Crippen molar-refractivity contribution in [1.82, 2.24) is 5.32 Å². The second-order valence-corrected chi connectivity index (χ2v) is 3.42. The number of benzene rings is 1. The van der Waals surface area contributed by atoms with Gasteiger partial charge in [-0.2, -0.15) is 0 Å². The molecule has 1 aromatic rings. The van der Waals surface area contributed by atoms with Gasteiger partial charge in [0, 0.05) is 12.6 Å². The van der Waals surface area contributed by atoms with Crippen LogP contribution in [0.5, 0.6) is 0 Å². The van der Waals surface area contributed by atoms with E-state index in [1.807, 2.05) is 37.3 Å². The second-order valence-electron chi connectivity index (χ2n) is 3.42. The summed E-state index contributed by atoms with van der Waals surface area (Å²) in [5.41, 5.74) is 6.44. The van der Waals surface area contributed by atoms with Gasteiger partial charge in [-0.05, 0) is 12.5 Å². The minimum atomic E-state index is -0.434. The Morgan fingerprint density at radius 2 is 2.06 bits per heavy atom. The maximum absolute atomic E-state index is 11.1. The molecule has 0 aliphatic heterocycles. The molecule has 0 bridgehead atoms. The van der Waals surface area contributed by atoms with Gasteiger partial charge in [0.15, 0.2) is 0 Å². The Morgan fingerprint density at radius 1 is 1.44 bits per heavy atom. The van der Waals surface area contributed by atoms with Crippen LogP contribution in [0.1, 0.15) is 12.5 Å². The van der Waals surface area contributed by atoms with Crippen molar-refractivity contribution >= 4 is 18.5 Å². The first-order valence-corrected chi connectivity index (χ1v) is 4.88. The maximum Gasteiger partial charge on any atom is 0.407 e. The third-order valence-corrected chi connectivity index (χ3v) is 1.78. The van der Waals surface area contributed by atoms with Gasteiger partial charge in [-0.15, -0.1) is 12.4 Å². The third-order valence-electron chi connectivity index (χ3n) is 1.78. The summed E-state index contributed by atoms with van der Waals surface area (Å²) in [4.78, 5) is 11.1. The van der Waals surface area contributed by atoms with E-state index in [4.69, 9.17) is 10.5 Å². The Hall–Kier alpha value is -1.26. The zero-order chi connectivity index (χ0) is 11.1. The van der Waals surface area contributed by atoms with Gasteiger partial charge in [-0.1, -0.05) is 30.3 Å². The number of amides is 1. The molecule has 0 aliphatic carbocycles. The predicted octanol–water partition coefficient (Wildman–Crippen LogP) is 1.68. The summed E-state index contributed by atoms with van der Waals surface area (Å²) in [6.45, 7) is 2.52. The summed E-state index contributed by atoms with van der Waals surface area (Å²) in [6.07, 6.45) is -0.434. The number of hydrogen-bond acceptors (Lipinski definition) is 3. The molecule has 0 saturated carbocycles. The van der Waals surface area contributed by atoms with Gasteiger partial charge in [-0.3, -0.25) is 0 Å². The fraction of sp³-hybridized carbons (Fsp3) is 0.364. The third kappa shape index (κ3) is 6.27. The minimum absolute atomic E-state index is 0. The van der Waals surface area contributed by atoms with E-state index in [9.17, 15) is 4.79 Å². The molecule has 0 spiro atoms. The highest BCUT2D eigenvalue weighted by Gasteiger charge is 2.02. The van der Waals surface area contributed by atoms with Crippen LogP contribution >= 0.6 is 12.4 Å². The molecular weight excluding hydrogens is 228 g/mol. The molecular formula is C11H17ClN2O2. The quantitative estimate of drug-likeness (QED) is 0.847. The Morgan fingerprint density at radius 3 is 2.62 bits per heavy atom. The first kappa shape index (κ1) is 14.7. The van der Waals surface area contributed by atoms with Crippen LogP contribution in [0.3, 0.4) is 0 Å². The molecule has 1 amide bonds. The summed E-state index contributed by atoms with van der Waals surface area (Å²) in [7, 11) is 0. The Labute approximate surface area is 102 Å². The number of hydrogen-bond donors (Lipinski definition) is 2. The lowest BCUT2D eigenvalue weighted by molar-refractivity contribution is 0.139. The van der Waals surface area contributed by atoms with Crippen molar-refractivity contribution in [3.05, 3.63) is 35.9 Å². The number of ether oxygens (including phenoxy) is 1. The first-order chi connectivity index (χ1) is 7.18. The van der Waals surface area contributed by atoms with E-state index in [0.717, 1.165) is 5.56 Å². The Kier molecular flexibility index (Phi) is 7.33. The predicted molar refractivity (Wildman–Crippen MR) is 65.5 cm³/mol. The maximum atomic E-state index is 11.1. The number of halogens is 1. The average molecular weight is 245 g/mol. The number of carbonyl (C=O) groups excluding carboxylic acids is 1. The highest BCUT2D eigenvalue weighted by atomic mass is 35.5. The van der Waals surface area contributed by atoms with Crippen molar-refractivity contribution in [2.45, 2.75) is 19.6 Å². The molecule has 3 N–H and O–H groups in total. The van der Waals surface area contributed by atoms with E-state index in [0.29, 0.717) is 6.54 Å². The largest absolute Gasteiger partial charge is 0.445 e. The van der Waals surface area contributed by atoms with E-state index in [-0.39, 0.29) is 25.1 Å². The molecule has 1 aromatic carbocycles. The molecule has 4 nitrogen and oxygen atoms in total. The molecule has 90 valence electrons. The summed E-state index contributed by atoms with van der Waals surface area (Å²) < 4.78 is 4.97. The van der Waals surface area contributed by atoms with Gasteiger partial charge in [-0.25, -0.2) is 4.79 Å². The van der Waals surface area contributed by atoms with Crippen molar-refractivity contribution in [2.75, 3.05) is 6.54 Å². The van der Waals surface area contributed by atoms with Gasteiger partial charge in [0.1, 0.15) is 6.61 Å². The number of nitrogens with one attached hydrogen (secondary N) is 1. The van der Waals surface area contributed by atoms with E-state index >= 15 is 0 Å². The van der Waals surface area contributed by atoms with E-state index in [1.54, 1.807) is 0 Å². The van der Waals surface area contributed by atoms with E-state index in [2.05, 4.69) is 5.32 Å². The van der Waals surface area contributed by atoms with Crippen LogP contribution in [0.4, 0.5) is 4.79 Å². The Balaban J connectivity index is 0.00000225. The molecule has 0 saturated heterocycles. The molecule has 0 radical (unpaired) electrons. The fourth-order valence-electron chi connectivity index (χ4n) is 1.02. The van der Waals surface area contributed by atoms with Crippen LogP contribution < -0.4 is 11.1 Å². The summed E-state index contributed by atoms with van der Waals surface area (Å²) in [5.74, 6) is 0. The molecule has 0 heterocycles. The molecule has 0 unspecified atom stereocenters. The van der Waals surface area contributed by atoms with Crippen LogP contribution in [-0.2, 0) is 11.3 Å². The van der Waals surface area contributed by atoms with Gasteiger partial charge in [0.05, 0.1) is 0 Å². The van der Waals surface area contributed by atoms with Crippen molar-refractivity contribution in [2.24, 2.45) is 5.73 Å². The molecule has 0 aliphatic rings. The number of nitrogens with two attached hydrogens (primary N) is 1. The molecule has 5 heteroatoms. The normalized spacial score (nSPS) is 11.1. The molecule has 1 rings (SSSR count). The van der Waals surface area contributed by atoms with Gasteiger partial charge >= 0.3 is 6.09 Å². The smallest absolute Gasteiger partial charge is 0.407 e. The molecule has 0 fully saturated rings. The van der Waals surface area contributed by atoms with E-state index in [1.165, 1.54) is 0 Å². The monoisotopic (exact) mass is 244 g/mol. The number of carbonyl (C=O) groups is 1. The standard InChI is InChI=1S/C11H16N2O2.ClH/c1-9(12)7-13-11(14)15-8-10-5-3-2-4-6-10;/h2-6,9H,7-8,12H2,1H3,(H,13,14);1H/t9-;/m1./s1. The summed E-state index contributed by atoms with van der Waals surface area (Å²) in [6, 6.07) is 9.46. The first-order valence-electron chi connectivity index (χ1n) is 4.88. The zero-order valence-electron chi connectivity index (χ0n) is 9.18. The lowest BCUT2D eigenvalue weighted by Gasteiger charge is -2.08. The highest BCUT2D eigenvalue weighted by molar-refractivity contribution is 5.85. The average Bonchev–Trinajstić information content (AvgIpc) is 2.25. The highest BCUT2D eigenvalue weighted by Crippen LogP contribution is 2.00. The van der Waals surface area contributed by atoms with Gasteiger partial charge in [0.25, 0.3) is 0 Å². The number of alkyl carbamates (subject to hydrolysis) is 1. The van der Waals surface area contributed by atoms with Crippen molar-refractivity contribution in [3.8, 4) is 0 Å². The summed E-state index contributed by atoms with van der Waals surface area (Å²) >= 11 is 0. The molecule has 0 aromatic heterocycles. The lowest BCUT2D eigenvalue weighted by Crippen LogP contribution is -2.35. The fourth-order valence-corrected chi connectivity index (χ4v) is 1.02. The van der Waals surface area contributed by atoms with Crippen molar-refractivity contribution < 1.29 is 9.53 Å². The zero-order valence-corrected chi connectivity index (χ0v) is 10.00. The van der Waals surface area contributed by atoms with Gasteiger partial charge in [0.2, 0.25) is 0 Å². The van der Waals surface area contributed by atoms with Crippen molar-refractivity contribution in [1.29, 1.82) is 0 Å². The molecule has 1 atom stereocenters. The van der Waals surface area contributed by atoms with Crippen molar-refractivity contribution in [3.63, 3.8) is 0 Å². The molecule has 16 heavy (non-hydrogen) atoms. The minimum Gasteiger partial charge on any atom is -0.445 e. The summed E-state index contributed by atoms with van der Waals surface area (Å²) in [5, 5.41) is 2.57. The van der Waals surface area contributed by atoms with Crippen LogP contribution in [0.25, 0.3) is 0 Å². The topological polar surface area (TPSA) is 64.3 Å². The Bertz CT molecular complexity index is 304. The van der Waals surface area contributed by atoms with Crippen LogP contribution in [0.15, 0.2) is 30.3 Å². The lowest BCUT2D eigenvalue weighted by atomic mass is 10.2.